The summed E-state index contributed by atoms with van der Waals surface area (Å²) >= 11 is 6.20. The molecule has 0 spiro atoms. The summed E-state index contributed by atoms with van der Waals surface area (Å²) in [6, 6.07) is 12.6. The number of nitrogens with one attached hydrogen (secondary N) is 1. The molecule has 0 unspecified atom stereocenters. The van der Waals surface area contributed by atoms with Gasteiger partial charge in [0, 0.05) is 36.9 Å². The summed E-state index contributed by atoms with van der Waals surface area (Å²) in [6.45, 7) is 6.75. The van der Waals surface area contributed by atoms with Gasteiger partial charge >= 0.3 is 12.0 Å². The van der Waals surface area contributed by atoms with Crippen molar-refractivity contribution in [2.24, 2.45) is 0 Å². The number of anilines is 1. The molecule has 3 amide bonds. The fourth-order valence-electron chi connectivity index (χ4n) is 3.54. The largest absolute Gasteiger partial charge is 0.482 e. The Kier molecular flexibility index (Phi) is 8.76. The van der Waals surface area contributed by atoms with Crippen molar-refractivity contribution >= 4 is 35.2 Å². The second-order valence-electron chi connectivity index (χ2n) is 8.41. The third-order valence-corrected chi connectivity index (χ3v) is 5.97. The van der Waals surface area contributed by atoms with Crippen molar-refractivity contribution in [3.8, 4) is 5.75 Å². The van der Waals surface area contributed by atoms with Gasteiger partial charge in [0.1, 0.15) is 5.75 Å². The van der Waals surface area contributed by atoms with Gasteiger partial charge in [-0.05, 0) is 48.2 Å². The van der Waals surface area contributed by atoms with Crippen LogP contribution in [0.4, 0.5) is 10.5 Å². The molecule has 182 valence electrons. The Bertz CT molecular complexity index is 1020. The third kappa shape index (κ3) is 6.87. The number of amides is 3. The lowest BCUT2D eigenvalue weighted by molar-refractivity contribution is -0.154. The van der Waals surface area contributed by atoms with E-state index in [0.717, 1.165) is 16.8 Å². The molecular formula is C25H30ClN3O5. The van der Waals surface area contributed by atoms with Crippen molar-refractivity contribution in [2.75, 3.05) is 44.7 Å². The topological polar surface area (TPSA) is 88.2 Å². The maximum Gasteiger partial charge on any atom is 0.344 e. The van der Waals surface area contributed by atoms with Gasteiger partial charge in [0.15, 0.2) is 13.2 Å². The quantitative estimate of drug-likeness (QED) is 0.595. The molecule has 1 fully saturated rings. The summed E-state index contributed by atoms with van der Waals surface area (Å²) in [4.78, 5) is 40.2. The predicted molar refractivity (Wildman–Crippen MR) is 130 cm³/mol. The highest BCUT2D eigenvalue weighted by atomic mass is 35.5. The first kappa shape index (κ1) is 25.4. The lowest BCUT2D eigenvalue weighted by atomic mass is 10.0. The van der Waals surface area contributed by atoms with Crippen molar-refractivity contribution < 1.29 is 23.9 Å². The molecule has 2 aromatic rings. The second kappa shape index (κ2) is 11.7. The first-order valence-corrected chi connectivity index (χ1v) is 11.6. The van der Waals surface area contributed by atoms with Crippen LogP contribution < -0.4 is 10.1 Å². The number of carbonyl (C=O) groups is 3. The van der Waals surface area contributed by atoms with Gasteiger partial charge in [0.25, 0.3) is 5.91 Å². The highest BCUT2D eigenvalue weighted by Crippen LogP contribution is 2.32. The number of nitrogens with zero attached hydrogens (tertiary/aromatic N) is 2. The van der Waals surface area contributed by atoms with Crippen LogP contribution in [0.2, 0.25) is 5.02 Å². The van der Waals surface area contributed by atoms with E-state index < -0.39 is 5.97 Å². The number of hydrogen-bond donors (Lipinski definition) is 1. The number of hydrogen-bond acceptors (Lipinski definition) is 5. The van der Waals surface area contributed by atoms with E-state index in [4.69, 9.17) is 21.1 Å². The number of ether oxygens (including phenoxy) is 2. The summed E-state index contributed by atoms with van der Waals surface area (Å²) in [5.41, 5.74) is 2.46. The molecule has 0 atom stereocenters. The number of rotatable bonds is 7. The number of urea groups is 1. The Labute approximate surface area is 204 Å². The zero-order chi connectivity index (χ0) is 24.7. The zero-order valence-corrected chi connectivity index (χ0v) is 20.4. The molecule has 8 nitrogen and oxygen atoms in total. The first-order valence-electron chi connectivity index (χ1n) is 11.2. The van der Waals surface area contributed by atoms with E-state index in [2.05, 4.69) is 5.32 Å². The Hall–Kier alpha value is -3.26. The minimum Gasteiger partial charge on any atom is -0.482 e. The molecule has 3 rings (SSSR count). The van der Waals surface area contributed by atoms with Crippen LogP contribution in [0.15, 0.2) is 42.5 Å². The molecule has 1 aliphatic rings. The molecule has 9 heteroatoms. The summed E-state index contributed by atoms with van der Waals surface area (Å²) in [5.74, 6) is -0.192. The van der Waals surface area contributed by atoms with Gasteiger partial charge in [-0.25, -0.2) is 9.59 Å². The highest BCUT2D eigenvalue weighted by molar-refractivity contribution is 6.31. The zero-order valence-electron chi connectivity index (χ0n) is 19.7. The van der Waals surface area contributed by atoms with Crippen LogP contribution >= 0.6 is 11.6 Å². The standard InChI is InChI=1S/C25H30ClN3O5/c1-17(2)20-14-21(26)18(3)13-22(20)33-16-24(31)34-15-23(30)28-9-11-29(12-10-28)25(32)27-19-7-5-4-6-8-19/h4-8,13-14,17H,9-12,15-16H2,1-3H3,(H,27,32). The maximum absolute atomic E-state index is 12.4. The molecule has 2 aromatic carbocycles. The number of benzene rings is 2. The lowest BCUT2D eigenvalue weighted by Crippen LogP contribution is -2.52. The summed E-state index contributed by atoms with van der Waals surface area (Å²) in [5, 5.41) is 3.47. The molecule has 0 radical (unpaired) electrons. The average molecular weight is 488 g/mol. The maximum atomic E-state index is 12.4. The summed E-state index contributed by atoms with van der Waals surface area (Å²) in [7, 11) is 0. The molecule has 34 heavy (non-hydrogen) atoms. The van der Waals surface area contributed by atoms with Crippen molar-refractivity contribution in [2.45, 2.75) is 26.7 Å². The van der Waals surface area contributed by atoms with Crippen LogP contribution in [-0.2, 0) is 14.3 Å². The van der Waals surface area contributed by atoms with Crippen LogP contribution in [0.1, 0.15) is 30.9 Å². The SMILES string of the molecule is Cc1cc(OCC(=O)OCC(=O)N2CCN(C(=O)Nc3ccccc3)CC2)c(C(C)C)cc1Cl. The number of piperazine rings is 1. The monoisotopic (exact) mass is 487 g/mol. The minimum absolute atomic E-state index is 0.166. The Balaban J connectivity index is 1.41. The molecule has 1 saturated heterocycles. The first-order chi connectivity index (χ1) is 16.2. The number of esters is 1. The lowest BCUT2D eigenvalue weighted by Gasteiger charge is -2.34. The molecular weight excluding hydrogens is 458 g/mol. The van der Waals surface area contributed by atoms with E-state index >= 15 is 0 Å². The van der Waals surface area contributed by atoms with Gasteiger partial charge < -0.3 is 24.6 Å². The van der Waals surface area contributed by atoms with Crippen molar-refractivity contribution in [3.63, 3.8) is 0 Å². The second-order valence-corrected chi connectivity index (χ2v) is 8.81. The van der Waals surface area contributed by atoms with Gasteiger partial charge in [0.2, 0.25) is 0 Å². The summed E-state index contributed by atoms with van der Waals surface area (Å²) < 4.78 is 10.8. The van der Waals surface area contributed by atoms with Crippen LogP contribution in [-0.4, -0.2) is 67.1 Å². The molecule has 1 aliphatic heterocycles. The normalized spacial score (nSPS) is 13.6. The number of aryl methyl sites for hydroxylation is 1. The van der Waals surface area contributed by atoms with Crippen LogP contribution in [0.3, 0.4) is 0 Å². The van der Waals surface area contributed by atoms with E-state index in [0.29, 0.717) is 37.0 Å². The Morgan fingerprint density at radius 1 is 1.00 bits per heavy atom. The van der Waals surface area contributed by atoms with E-state index in [1.807, 2.05) is 57.2 Å². The van der Waals surface area contributed by atoms with Gasteiger partial charge in [-0.1, -0.05) is 43.6 Å². The van der Waals surface area contributed by atoms with Crippen LogP contribution in [0.5, 0.6) is 5.75 Å². The molecule has 0 aromatic heterocycles. The fraction of sp³-hybridized carbons (Fsp3) is 0.400. The van der Waals surface area contributed by atoms with Gasteiger partial charge in [-0.15, -0.1) is 0 Å². The fourth-order valence-corrected chi connectivity index (χ4v) is 3.71. The van der Waals surface area contributed by atoms with E-state index in [9.17, 15) is 14.4 Å². The van der Waals surface area contributed by atoms with Crippen molar-refractivity contribution in [1.29, 1.82) is 0 Å². The van der Waals surface area contributed by atoms with Gasteiger partial charge in [0.05, 0.1) is 0 Å². The Morgan fingerprint density at radius 2 is 1.65 bits per heavy atom. The van der Waals surface area contributed by atoms with Gasteiger partial charge in [-0.3, -0.25) is 4.79 Å². The van der Waals surface area contributed by atoms with E-state index in [-0.39, 0.29) is 31.1 Å². The molecule has 0 aliphatic carbocycles. The number of halogens is 1. The van der Waals surface area contributed by atoms with Gasteiger partial charge in [-0.2, -0.15) is 0 Å². The smallest absolute Gasteiger partial charge is 0.344 e. The molecule has 1 heterocycles. The number of carbonyl (C=O) groups excluding carboxylic acids is 3. The molecule has 1 N–H and O–H groups in total. The molecule has 0 bridgehead atoms. The van der Waals surface area contributed by atoms with Crippen molar-refractivity contribution in [1.82, 2.24) is 9.80 Å². The predicted octanol–water partition coefficient (Wildman–Crippen LogP) is 4.07. The van der Waals surface area contributed by atoms with Crippen LogP contribution in [0, 0.1) is 6.92 Å². The molecule has 0 saturated carbocycles. The van der Waals surface area contributed by atoms with E-state index in [1.165, 1.54) is 0 Å². The Morgan fingerprint density at radius 3 is 2.29 bits per heavy atom. The average Bonchev–Trinajstić information content (AvgIpc) is 2.83. The minimum atomic E-state index is -0.628. The third-order valence-electron chi connectivity index (χ3n) is 5.56. The van der Waals surface area contributed by atoms with Crippen LogP contribution in [0.25, 0.3) is 0 Å². The van der Waals surface area contributed by atoms with Crippen molar-refractivity contribution in [3.05, 3.63) is 58.6 Å². The van der Waals surface area contributed by atoms with E-state index in [1.54, 1.807) is 15.9 Å². The summed E-state index contributed by atoms with van der Waals surface area (Å²) in [6.07, 6.45) is 0. The number of para-hydroxylation sites is 1. The highest BCUT2D eigenvalue weighted by Gasteiger charge is 2.25.